The number of aromatic hydroxyl groups is 1. The van der Waals surface area contributed by atoms with E-state index in [4.69, 9.17) is 4.98 Å². The highest BCUT2D eigenvalue weighted by molar-refractivity contribution is 9.10. The van der Waals surface area contributed by atoms with Gasteiger partial charge in [0.15, 0.2) is 0 Å². The molecule has 0 radical (unpaired) electrons. The molecule has 0 saturated heterocycles. The molecule has 0 bridgehead atoms. The average Bonchev–Trinajstić information content (AvgIpc) is 2.99. The van der Waals surface area contributed by atoms with Crippen molar-refractivity contribution in [2.75, 3.05) is 5.32 Å². The zero-order valence-electron chi connectivity index (χ0n) is 24.3. The Morgan fingerprint density at radius 1 is 0.837 bits per heavy atom. The van der Waals surface area contributed by atoms with Crippen molar-refractivity contribution in [3.63, 3.8) is 0 Å². The van der Waals surface area contributed by atoms with Crippen molar-refractivity contribution in [1.82, 2.24) is 10.4 Å². The number of rotatable bonds is 6. The molecule has 8 heteroatoms. The number of hydrogen-bond donors (Lipinski definition) is 3. The van der Waals surface area contributed by atoms with E-state index >= 15 is 0 Å². The first-order chi connectivity index (χ1) is 20.5. The van der Waals surface area contributed by atoms with Crippen molar-refractivity contribution in [2.45, 2.75) is 33.1 Å². The fraction of sp³-hybridized carbons (Fsp3) is 0.143. The summed E-state index contributed by atoms with van der Waals surface area (Å²) in [5.74, 6) is -0.455. The van der Waals surface area contributed by atoms with Crippen LogP contribution < -0.4 is 10.7 Å². The number of anilines is 1. The fourth-order valence-corrected chi connectivity index (χ4v) is 4.93. The third-order valence-electron chi connectivity index (χ3n) is 7.05. The van der Waals surface area contributed by atoms with E-state index in [1.54, 1.807) is 37.3 Å². The summed E-state index contributed by atoms with van der Waals surface area (Å²) in [6, 6.07) is 28.8. The number of nitrogens with zero attached hydrogens (tertiary/aromatic N) is 2. The standard InChI is InChI=1S/C35H31BrN4O3/c1-21(24-6-5-7-27(18-24)37-33(42)23-8-12-25(13-9-23)35(2,3)4)39-40-34(43)30-20-32(22-10-15-28(41)16-11-22)38-31-17-14-26(36)19-29(30)31/h5-20,41H,1-4H3,(H,37,42)(H,40,43)/b39-21-. The van der Waals surface area contributed by atoms with Crippen LogP contribution >= 0.6 is 15.9 Å². The fourth-order valence-electron chi connectivity index (χ4n) is 4.57. The Morgan fingerprint density at radius 3 is 2.26 bits per heavy atom. The minimum absolute atomic E-state index is 0.00597. The minimum Gasteiger partial charge on any atom is -0.508 e. The molecule has 5 aromatic rings. The Hall–Kier alpha value is -4.82. The van der Waals surface area contributed by atoms with Gasteiger partial charge < -0.3 is 10.4 Å². The summed E-state index contributed by atoms with van der Waals surface area (Å²) in [4.78, 5) is 31.0. The number of phenolic OH excluding ortho intramolecular Hbond substituents is 1. The van der Waals surface area contributed by atoms with E-state index in [-0.39, 0.29) is 17.1 Å². The highest BCUT2D eigenvalue weighted by Crippen LogP contribution is 2.28. The number of fused-ring (bicyclic) bond motifs is 1. The lowest BCUT2D eigenvalue weighted by molar-refractivity contribution is 0.0955. The summed E-state index contributed by atoms with van der Waals surface area (Å²) < 4.78 is 0.817. The molecule has 4 aromatic carbocycles. The second-order valence-corrected chi connectivity index (χ2v) is 12.2. The number of hydrogen-bond acceptors (Lipinski definition) is 5. The van der Waals surface area contributed by atoms with E-state index < -0.39 is 5.91 Å². The van der Waals surface area contributed by atoms with Gasteiger partial charge in [0.05, 0.1) is 22.5 Å². The van der Waals surface area contributed by atoms with Crippen LogP contribution in [0.15, 0.2) is 107 Å². The van der Waals surface area contributed by atoms with E-state index in [9.17, 15) is 14.7 Å². The van der Waals surface area contributed by atoms with Gasteiger partial charge in [-0.15, -0.1) is 0 Å². The first kappa shape index (κ1) is 29.7. The van der Waals surface area contributed by atoms with Crippen LogP contribution in [-0.4, -0.2) is 27.6 Å². The predicted octanol–water partition coefficient (Wildman–Crippen LogP) is 8.07. The number of benzene rings is 4. The van der Waals surface area contributed by atoms with Crippen LogP contribution in [-0.2, 0) is 5.41 Å². The average molecular weight is 636 g/mol. The second kappa shape index (κ2) is 12.2. The molecule has 0 atom stereocenters. The first-order valence-corrected chi connectivity index (χ1v) is 14.5. The van der Waals surface area contributed by atoms with Crippen LogP contribution in [0.25, 0.3) is 22.2 Å². The van der Waals surface area contributed by atoms with E-state index in [1.807, 2.05) is 66.7 Å². The summed E-state index contributed by atoms with van der Waals surface area (Å²) in [6.45, 7) is 8.18. The number of nitrogens with one attached hydrogen (secondary N) is 2. The topological polar surface area (TPSA) is 104 Å². The van der Waals surface area contributed by atoms with E-state index in [1.165, 1.54) is 0 Å². The molecule has 0 aliphatic heterocycles. The molecule has 0 aliphatic carbocycles. The molecule has 1 heterocycles. The monoisotopic (exact) mass is 634 g/mol. The van der Waals surface area contributed by atoms with Crippen molar-refractivity contribution in [3.05, 3.63) is 124 Å². The summed E-state index contributed by atoms with van der Waals surface area (Å²) in [7, 11) is 0. The molecular formula is C35H31BrN4O3. The van der Waals surface area contributed by atoms with Crippen molar-refractivity contribution < 1.29 is 14.7 Å². The molecular weight excluding hydrogens is 604 g/mol. The van der Waals surface area contributed by atoms with Gasteiger partial charge in [0.2, 0.25) is 0 Å². The number of hydrazone groups is 1. The van der Waals surface area contributed by atoms with Gasteiger partial charge in [-0.05, 0) is 96.3 Å². The Morgan fingerprint density at radius 2 is 1.56 bits per heavy atom. The van der Waals surface area contributed by atoms with E-state index in [0.717, 1.165) is 21.2 Å². The summed E-state index contributed by atoms with van der Waals surface area (Å²) >= 11 is 3.48. The molecule has 1 aromatic heterocycles. The van der Waals surface area contributed by atoms with Gasteiger partial charge in [-0.2, -0.15) is 5.10 Å². The lowest BCUT2D eigenvalue weighted by Crippen LogP contribution is -2.20. The van der Waals surface area contributed by atoms with Crippen LogP contribution in [0.1, 0.15) is 59.5 Å². The Labute approximate surface area is 258 Å². The van der Waals surface area contributed by atoms with E-state index in [2.05, 4.69) is 52.5 Å². The summed E-state index contributed by atoms with van der Waals surface area (Å²) in [5.41, 5.74) is 8.75. The second-order valence-electron chi connectivity index (χ2n) is 11.3. The van der Waals surface area contributed by atoms with Gasteiger partial charge in [-0.3, -0.25) is 9.59 Å². The molecule has 216 valence electrons. The van der Waals surface area contributed by atoms with Crippen molar-refractivity contribution >= 4 is 50.0 Å². The van der Waals surface area contributed by atoms with Crippen LogP contribution in [0.4, 0.5) is 5.69 Å². The number of amides is 2. The third-order valence-corrected chi connectivity index (χ3v) is 7.55. The predicted molar refractivity (Wildman–Crippen MR) is 176 cm³/mol. The van der Waals surface area contributed by atoms with E-state index in [0.29, 0.717) is 39.1 Å². The summed E-state index contributed by atoms with van der Waals surface area (Å²) in [6.07, 6.45) is 0. The van der Waals surface area contributed by atoms with Crippen LogP contribution in [0.2, 0.25) is 0 Å². The number of carbonyl (C=O) groups excluding carboxylic acids is 2. The minimum atomic E-state index is -0.395. The van der Waals surface area contributed by atoms with Crippen LogP contribution in [0.3, 0.4) is 0 Å². The summed E-state index contributed by atoms with van der Waals surface area (Å²) in [5, 5.41) is 17.7. The van der Waals surface area contributed by atoms with Crippen LogP contribution in [0.5, 0.6) is 5.75 Å². The SMILES string of the molecule is C/C(=N/NC(=O)c1cc(-c2ccc(O)cc2)nc2ccc(Br)cc12)c1cccc(NC(=O)c2ccc(C(C)(C)C)cc2)c1. The molecule has 7 nitrogen and oxygen atoms in total. The number of pyridine rings is 1. The van der Waals surface area contributed by atoms with Crippen molar-refractivity contribution in [3.8, 4) is 17.0 Å². The molecule has 3 N–H and O–H groups in total. The zero-order valence-corrected chi connectivity index (χ0v) is 25.9. The number of aromatic nitrogens is 1. The number of carbonyl (C=O) groups is 2. The molecule has 43 heavy (non-hydrogen) atoms. The maximum Gasteiger partial charge on any atom is 0.272 e. The maximum atomic E-state index is 13.4. The molecule has 0 saturated carbocycles. The van der Waals surface area contributed by atoms with Gasteiger partial charge in [-0.1, -0.05) is 61.0 Å². The molecule has 2 amide bonds. The maximum absolute atomic E-state index is 13.4. The van der Waals surface area contributed by atoms with Crippen molar-refractivity contribution in [1.29, 1.82) is 0 Å². The highest BCUT2D eigenvalue weighted by atomic mass is 79.9. The highest BCUT2D eigenvalue weighted by Gasteiger charge is 2.16. The lowest BCUT2D eigenvalue weighted by atomic mass is 9.87. The number of halogens is 1. The first-order valence-electron chi connectivity index (χ1n) is 13.7. The van der Waals surface area contributed by atoms with Crippen molar-refractivity contribution in [2.24, 2.45) is 5.10 Å². The largest absolute Gasteiger partial charge is 0.508 e. The smallest absolute Gasteiger partial charge is 0.272 e. The molecule has 0 unspecified atom stereocenters. The van der Waals surface area contributed by atoms with Gasteiger partial charge in [0.25, 0.3) is 11.8 Å². The quantitative estimate of drug-likeness (QED) is 0.130. The molecule has 0 spiro atoms. The van der Waals surface area contributed by atoms with Gasteiger partial charge in [0, 0.05) is 26.7 Å². The zero-order chi connectivity index (χ0) is 30.7. The third kappa shape index (κ3) is 6.98. The Bertz CT molecular complexity index is 1860. The lowest BCUT2D eigenvalue weighted by Gasteiger charge is -2.19. The molecule has 0 aliphatic rings. The van der Waals surface area contributed by atoms with Crippen LogP contribution in [0, 0.1) is 0 Å². The van der Waals surface area contributed by atoms with Gasteiger partial charge >= 0.3 is 0 Å². The molecule has 5 rings (SSSR count). The van der Waals surface area contributed by atoms with Gasteiger partial charge in [0.1, 0.15) is 5.75 Å². The number of phenols is 1. The Balaban J connectivity index is 1.35. The Kier molecular flexibility index (Phi) is 8.41. The molecule has 0 fully saturated rings. The van der Waals surface area contributed by atoms with Gasteiger partial charge in [-0.25, -0.2) is 10.4 Å². The normalized spacial score (nSPS) is 11.8.